The number of amides is 1. The molecule has 1 aliphatic heterocycles. The fourth-order valence-electron chi connectivity index (χ4n) is 2.25. The van der Waals surface area contributed by atoms with Gasteiger partial charge >= 0.3 is 6.18 Å². The molecule has 26 heavy (non-hydrogen) atoms. The van der Waals surface area contributed by atoms with Crippen molar-refractivity contribution in [3.8, 4) is 5.75 Å². The van der Waals surface area contributed by atoms with Crippen LogP contribution in [0.2, 0.25) is 0 Å². The molecule has 11 heteroatoms. The molecule has 0 aliphatic carbocycles. The highest BCUT2D eigenvalue weighted by molar-refractivity contribution is 5.92. The predicted molar refractivity (Wildman–Crippen MR) is 83.3 cm³/mol. The molecule has 0 fully saturated rings. The molecule has 1 aliphatic rings. The van der Waals surface area contributed by atoms with Crippen molar-refractivity contribution >= 4 is 17.3 Å². The summed E-state index contributed by atoms with van der Waals surface area (Å²) in [6, 6.07) is 4.65. The molecule has 1 amide bonds. The molecule has 1 aromatic rings. The number of nitro groups is 1. The Morgan fingerprint density at radius 3 is 2.46 bits per heavy atom. The number of alkyl halides is 3. The molecule has 1 aromatic carbocycles. The topological polar surface area (TPSA) is 105 Å². The van der Waals surface area contributed by atoms with E-state index < -0.39 is 41.7 Å². The Balaban J connectivity index is 2.14. The van der Waals surface area contributed by atoms with Crippen molar-refractivity contribution in [2.24, 2.45) is 11.0 Å². The lowest BCUT2D eigenvalue weighted by molar-refractivity contribution is -0.384. The van der Waals surface area contributed by atoms with Crippen LogP contribution in [-0.2, 0) is 4.79 Å². The number of rotatable bonds is 5. The van der Waals surface area contributed by atoms with Gasteiger partial charge < -0.3 is 9.84 Å². The number of hydrogen-bond donors (Lipinski definition) is 1. The van der Waals surface area contributed by atoms with Crippen molar-refractivity contribution in [3.63, 3.8) is 0 Å². The van der Waals surface area contributed by atoms with Gasteiger partial charge in [-0.25, -0.2) is 0 Å². The molecule has 8 nitrogen and oxygen atoms in total. The lowest BCUT2D eigenvalue weighted by atomic mass is 9.99. The van der Waals surface area contributed by atoms with Crippen molar-refractivity contribution in [1.29, 1.82) is 0 Å². The normalized spacial score (nSPS) is 20.3. The molecule has 0 unspecified atom stereocenters. The molecule has 0 radical (unpaired) electrons. The van der Waals surface area contributed by atoms with E-state index in [9.17, 15) is 33.2 Å². The number of non-ortho nitro benzene ring substituents is 1. The van der Waals surface area contributed by atoms with Crippen molar-refractivity contribution < 1.29 is 32.7 Å². The SMILES string of the molecule is CC(C)C1=NN(C(=O)COc2ccc([N+](=O)[O-])cc2)[C@@](O)(C(F)(F)F)C1. The molecule has 0 bridgehead atoms. The first-order chi connectivity index (χ1) is 12.0. The lowest BCUT2D eigenvalue weighted by Gasteiger charge is -2.32. The predicted octanol–water partition coefficient (Wildman–Crippen LogP) is 2.47. The molecule has 0 spiro atoms. The first-order valence-corrected chi connectivity index (χ1v) is 7.52. The van der Waals surface area contributed by atoms with Crippen LogP contribution in [-0.4, -0.2) is 45.2 Å². The van der Waals surface area contributed by atoms with Crippen molar-refractivity contribution in [2.45, 2.75) is 32.2 Å². The van der Waals surface area contributed by atoms with E-state index in [0.717, 1.165) is 12.1 Å². The van der Waals surface area contributed by atoms with E-state index in [1.165, 1.54) is 12.1 Å². The van der Waals surface area contributed by atoms with E-state index in [4.69, 9.17) is 4.74 Å². The highest BCUT2D eigenvalue weighted by Crippen LogP contribution is 2.41. The van der Waals surface area contributed by atoms with Crippen LogP contribution in [0.15, 0.2) is 29.4 Å². The fourth-order valence-corrected chi connectivity index (χ4v) is 2.25. The quantitative estimate of drug-likeness (QED) is 0.629. The molecule has 2 rings (SSSR count). The van der Waals surface area contributed by atoms with E-state index >= 15 is 0 Å². The van der Waals surface area contributed by atoms with Gasteiger partial charge in [0.05, 0.1) is 4.92 Å². The minimum atomic E-state index is -5.10. The molecule has 1 heterocycles. The second kappa shape index (κ2) is 6.90. The zero-order valence-corrected chi connectivity index (χ0v) is 13.9. The Kier molecular flexibility index (Phi) is 5.21. The Labute approximate surface area is 146 Å². The highest BCUT2D eigenvalue weighted by atomic mass is 19.4. The Morgan fingerprint density at radius 1 is 1.42 bits per heavy atom. The molecular formula is C15H16F3N3O5. The van der Waals surface area contributed by atoms with Gasteiger partial charge in [-0.05, 0) is 18.1 Å². The third-order valence-electron chi connectivity index (χ3n) is 3.77. The van der Waals surface area contributed by atoms with Gasteiger partial charge in [0, 0.05) is 24.3 Å². The van der Waals surface area contributed by atoms with Crippen LogP contribution < -0.4 is 4.74 Å². The van der Waals surface area contributed by atoms with Gasteiger partial charge in [0.1, 0.15) is 5.75 Å². The van der Waals surface area contributed by atoms with E-state index in [0.29, 0.717) is 0 Å². The van der Waals surface area contributed by atoms with Crippen LogP contribution in [0.1, 0.15) is 20.3 Å². The van der Waals surface area contributed by atoms with Crippen LogP contribution in [0.5, 0.6) is 5.75 Å². The zero-order chi connectivity index (χ0) is 19.7. The fraction of sp³-hybridized carbons (Fsp3) is 0.467. The summed E-state index contributed by atoms with van der Waals surface area (Å²) in [6.45, 7) is 2.36. The number of nitrogens with zero attached hydrogens (tertiary/aromatic N) is 3. The van der Waals surface area contributed by atoms with E-state index in [2.05, 4.69) is 5.10 Å². The number of carbonyl (C=O) groups is 1. The maximum Gasteiger partial charge on any atom is 0.438 e. The van der Waals surface area contributed by atoms with Crippen LogP contribution in [0.4, 0.5) is 18.9 Å². The van der Waals surface area contributed by atoms with Crippen molar-refractivity contribution in [3.05, 3.63) is 34.4 Å². The molecular weight excluding hydrogens is 359 g/mol. The summed E-state index contributed by atoms with van der Waals surface area (Å²) >= 11 is 0. The largest absolute Gasteiger partial charge is 0.484 e. The first-order valence-electron chi connectivity index (χ1n) is 7.52. The van der Waals surface area contributed by atoms with E-state index in [1.807, 2.05) is 0 Å². The van der Waals surface area contributed by atoms with Gasteiger partial charge in [-0.15, -0.1) is 0 Å². The second-order valence-electron chi connectivity index (χ2n) is 5.98. The molecule has 1 atom stereocenters. The second-order valence-corrected chi connectivity index (χ2v) is 5.98. The maximum absolute atomic E-state index is 13.3. The summed E-state index contributed by atoms with van der Waals surface area (Å²) in [4.78, 5) is 22.1. The van der Waals surface area contributed by atoms with Crippen molar-refractivity contribution in [2.75, 3.05) is 6.61 Å². The maximum atomic E-state index is 13.3. The third kappa shape index (κ3) is 3.77. The molecule has 1 N–H and O–H groups in total. The van der Waals surface area contributed by atoms with Crippen LogP contribution in [0.3, 0.4) is 0 Å². The standard InChI is InChI=1S/C15H16F3N3O5/c1-9(2)12-7-14(23,15(16,17)18)20(19-12)13(22)8-26-11-5-3-10(4-6-11)21(24)25/h3-6,9,23H,7-8H2,1-2H3/t14-/m0/s1. The molecule has 0 aromatic heterocycles. The minimum Gasteiger partial charge on any atom is -0.484 e. The van der Waals surface area contributed by atoms with E-state index in [1.54, 1.807) is 13.8 Å². The average molecular weight is 375 g/mol. The Morgan fingerprint density at radius 2 is 2.00 bits per heavy atom. The number of ether oxygens (including phenoxy) is 1. The van der Waals surface area contributed by atoms with E-state index in [-0.39, 0.29) is 22.2 Å². The Hall–Kier alpha value is -2.69. The van der Waals surface area contributed by atoms with Crippen molar-refractivity contribution in [1.82, 2.24) is 5.01 Å². The van der Waals surface area contributed by atoms with Gasteiger partial charge in [-0.1, -0.05) is 13.8 Å². The van der Waals surface area contributed by atoms with Crippen LogP contribution in [0.25, 0.3) is 0 Å². The van der Waals surface area contributed by atoms with Crippen LogP contribution >= 0.6 is 0 Å². The number of halogens is 3. The molecule has 142 valence electrons. The third-order valence-corrected chi connectivity index (χ3v) is 3.77. The lowest BCUT2D eigenvalue weighted by Crippen LogP contribution is -2.57. The van der Waals surface area contributed by atoms with Gasteiger partial charge in [-0.3, -0.25) is 14.9 Å². The number of hydrazone groups is 1. The Bertz CT molecular complexity index is 733. The number of nitro benzene ring substituents is 1. The summed E-state index contributed by atoms with van der Waals surface area (Å²) in [6.07, 6.45) is -5.94. The summed E-state index contributed by atoms with van der Waals surface area (Å²) < 4.78 is 44.8. The summed E-state index contributed by atoms with van der Waals surface area (Å²) in [7, 11) is 0. The molecule has 0 saturated heterocycles. The highest BCUT2D eigenvalue weighted by Gasteiger charge is 2.63. The number of hydrogen-bond acceptors (Lipinski definition) is 6. The summed E-state index contributed by atoms with van der Waals surface area (Å²) in [5.41, 5.74) is -3.60. The average Bonchev–Trinajstić information content (AvgIpc) is 2.92. The zero-order valence-electron chi connectivity index (χ0n) is 13.9. The molecule has 0 saturated carbocycles. The van der Waals surface area contributed by atoms with Gasteiger partial charge in [0.25, 0.3) is 17.3 Å². The van der Waals surface area contributed by atoms with Crippen LogP contribution in [0, 0.1) is 16.0 Å². The summed E-state index contributed by atoms with van der Waals surface area (Å²) in [5, 5.41) is 24.2. The van der Waals surface area contributed by atoms with Gasteiger partial charge in [0.15, 0.2) is 6.61 Å². The monoisotopic (exact) mass is 375 g/mol. The minimum absolute atomic E-state index is 0.00623. The number of benzene rings is 1. The summed E-state index contributed by atoms with van der Waals surface area (Å²) in [5.74, 6) is -1.54. The number of carbonyl (C=O) groups excluding carboxylic acids is 1. The number of aliphatic hydroxyl groups is 1. The smallest absolute Gasteiger partial charge is 0.438 e. The van der Waals surface area contributed by atoms with Gasteiger partial charge in [0.2, 0.25) is 0 Å². The first kappa shape index (κ1) is 19.6. The van der Waals surface area contributed by atoms with Gasteiger partial charge in [-0.2, -0.15) is 23.3 Å².